The van der Waals surface area contributed by atoms with E-state index in [0.717, 1.165) is 10.6 Å². The standard InChI is InChI=1S/C15H14N4O3S/c1-10-18-19-15(23-10)17-14(20)6-4-11-3-5-12(22-8-7-16)13(9-11)21-2/h3-6,9H,8H2,1-2H3,(H,17,19,20)/b6-4+. The number of anilines is 1. The van der Waals surface area contributed by atoms with Crippen LogP contribution in [0, 0.1) is 18.3 Å². The smallest absolute Gasteiger partial charge is 0.250 e. The maximum Gasteiger partial charge on any atom is 0.250 e. The van der Waals surface area contributed by atoms with Gasteiger partial charge in [-0.05, 0) is 30.7 Å². The van der Waals surface area contributed by atoms with Crippen molar-refractivity contribution in [1.82, 2.24) is 10.2 Å². The van der Waals surface area contributed by atoms with Crippen LogP contribution in [0.4, 0.5) is 5.13 Å². The number of ether oxygens (including phenoxy) is 2. The van der Waals surface area contributed by atoms with Crippen molar-refractivity contribution in [2.45, 2.75) is 6.92 Å². The molecule has 0 bridgehead atoms. The summed E-state index contributed by atoms with van der Waals surface area (Å²) < 4.78 is 10.4. The molecule has 1 N–H and O–H groups in total. The Morgan fingerprint density at radius 1 is 1.43 bits per heavy atom. The lowest BCUT2D eigenvalue weighted by Crippen LogP contribution is -2.07. The minimum atomic E-state index is -0.301. The van der Waals surface area contributed by atoms with Crippen LogP contribution < -0.4 is 14.8 Å². The normalized spacial score (nSPS) is 10.3. The van der Waals surface area contributed by atoms with Crippen LogP contribution in [0.1, 0.15) is 10.6 Å². The Kier molecular flexibility index (Phi) is 5.66. The Morgan fingerprint density at radius 3 is 2.91 bits per heavy atom. The van der Waals surface area contributed by atoms with Crippen LogP contribution in [0.15, 0.2) is 24.3 Å². The summed E-state index contributed by atoms with van der Waals surface area (Å²) in [7, 11) is 1.51. The Morgan fingerprint density at radius 2 is 2.26 bits per heavy atom. The van der Waals surface area contributed by atoms with E-state index in [1.54, 1.807) is 24.3 Å². The fraction of sp³-hybridized carbons (Fsp3) is 0.200. The second kappa shape index (κ2) is 7.91. The van der Waals surface area contributed by atoms with Crippen molar-refractivity contribution in [1.29, 1.82) is 5.26 Å². The van der Waals surface area contributed by atoms with Gasteiger partial charge in [0.1, 0.15) is 11.1 Å². The third-order valence-electron chi connectivity index (χ3n) is 2.66. The van der Waals surface area contributed by atoms with Crippen molar-refractivity contribution < 1.29 is 14.3 Å². The van der Waals surface area contributed by atoms with E-state index in [4.69, 9.17) is 14.7 Å². The average molecular weight is 330 g/mol. The van der Waals surface area contributed by atoms with E-state index < -0.39 is 0 Å². The van der Waals surface area contributed by atoms with E-state index in [0.29, 0.717) is 16.6 Å². The number of carbonyl (C=O) groups excluding carboxylic acids is 1. The first-order valence-corrected chi connectivity index (χ1v) is 7.41. The van der Waals surface area contributed by atoms with Crippen molar-refractivity contribution in [2.24, 2.45) is 0 Å². The SMILES string of the molecule is COc1cc(/C=C/C(=O)Nc2nnc(C)s2)ccc1OCC#N. The molecule has 0 radical (unpaired) electrons. The largest absolute Gasteiger partial charge is 0.493 e. The molecule has 0 fully saturated rings. The van der Waals surface area contributed by atoms with Gasteiger partial charge >= 0.3 is 0 Å². The number of nitriles is 1. The topological polar surface area (TPSA) is 97.1 Å². The Balaban J connectivity index is 2.04. The molecule has 0 saturated carbocycles. The van der Waals surface area contributed by atoms with Gasteiger partial charge in [0.15, 0.2) is 18.1 Å². The third kappa shape index (κ3) is 4.79. The summed E-state index contributed by atoms with van der Waals surface area (Å²) >= 11 is 1.30. The van der Waals surface area contributed by atoms with Crippen molar-refractivity contribution in [3.63, 3.8) is 0 Å². The molecule has 0 aliphatic heterocycles. The average Bonchev–Trinajstić information content (AvgIpc) is 2.96. The maximum atomic E-state index is 11.8. The molecule has 1 aromatic carbocycles. The molecule has 0 aliphatic carbocycles. The highest BCUT2D eigenvalue weighted by Gasteiger charge is 2.06. The highest BCUT2D eigenvalue weighted by atomic mass is 32.1. The van der Waals surface area contributed by atoms with Gasteiger partial charge in [0, 0.05) is 6.08 Å². The summed E-state index contributed by atoms with van der Waals surface area (Å²) in [5, 5.41) is 20.0. The second-order valence-electron chi connectivity index (χ2n) is 4.31. The first kappa shape index (κ1) is 16.5. The van der Waals surface area contributed by atoms with Crippen LogP contribution in [-0.2, 0) is 4.79 Å². The summed E-state index contributed by atoms with van der Waals surface area (Å²) in [6.07, 6.45) is 3.03. The molecule has 2 rings (SSSR count). The predicted molar refractivity (Wildman–Crippen MR) is 86.4 cm³/mol. The van der Waals surface area contributed by atoms with Gasteiger partial charge in [-0.15, -0.1) is 10.2 Å². The summed E-state index contributed by atoms with van der Waals surface area (Å²) in [4.78, 5) is 11.8. The highest BCUT2D eigenvalue weighted by molar-refractivity contribution is 7.15. The van der Waals surface area contributed by atoms with E-state index in [1.165, 1.54) is 24.5 Å². The molecule has 0 atom stereocenters. The number of carbonyl (C=O) groups is 1. The van der Waals surface area contributed by atoms with Crippen LogP contribution in [0.25, 0.3) is 6.08 Å². The first-order valence-electron chi connectivity index (χ1n) is 6.59. The predicted octanol–water partition coefficient (Wildman–Crippen LogP) is 2.41. The molecule has 2 aromatic rings. The van der Waals surface area contributed by atoms with Gasteiger partial charge in [0.2, 0.25) is 11.0 Å². The number of hydrogen-bond acceptors (Lipinski definition) is 7. The zero-order valence-electron chi connectivity index (χ0n) is 12.6. The number of nitrogens with zero attached hydrogens (tertiary/aromatic N) is 3. The van der Waals surface area contributed by atoms with Crippen LogP contribution >= 0.6 is 11.3 Å². The van der Waals surface area contributed by atoms with E-state index in [9.17, 15) is 4.79 Å². The summed E-state index contributed by atoms with van der Waals surface area (Å²) in [5.41, 5.74) is 0.759. The summed E-state index contributed by atoms with van der Waals surface area (Å²) in [5.74, 6) is 0.660. The minimum absolute atomic E-state index is 0.0603. The monoisotopic (exact) mass is 330 g/mol. The lowest BCUT2D eigenvalue weighted by Gasteiger charge is -2.08. The Labute approximate surface area is 137 Å². The highest BCUT2D eigenvalue weighted by Crippen LogP contribution is 2.28. The minimum Gasteiger partial charge on any atom is -0.493 e. The quantitative estimate of drug-likeness (QED) is 0.817. The number of hydrogen-bond donors (Lipinski definition) is 1. The third-order valence-corrected chi connectivity index (χ3v) is 3.42. The maximum absolute atomic E-state index is 11.8. The first-order chi connectivity index (χ1) is 11.1. The van der Waals surface area contributed by atoms with E-state index in [2.05, 4.69) is 15.5 Å². The van der Waals surface area contributed by atoms with Gasteiger partial charge in [-0.25, -0.2) is 0 Å². The summed E-state index contributed by atoms with van der Waals surface area (Å²) in [6, 6.07) is 7.05. The lowest BCUT2D eigenvalue weighted by molar-refractivity contribution is -0.111. The van der Waals surface area contributed by atoms with Crippen molar-refractivity contribution in [3.8, 4) is 17.6 Å². The molecule has 0 spiro atoms. The van der Waals surface area contributed by atoms with E-state index in [-0.39, 0.29) is 12.5 Å². The Bertz CT molecular complexity index is 764. The van der Waals surface area contributed by atoms with Crippen molar-refractivity contribution in [3.05, 3.63) is 34.8 Å². The van der Waals surface area contributed by atoms with Crippen LogP contribution in [0.2, 0.25) is 0 Å². The van der Waals surface area contributed by atoms with Gasteiger partial charge in [-0.1, -0.05) is 17.4 Å². The Hall–Kier alpha value is -2.92. The molecule has 1 heterocycles. The number of aryl methyl sites for hydroxylation is 1. The van der Waals surface area contributed by atoms with E-state index >= 15 is 0 Å². The number of methoxy groups -OCH3 is 1. The number of aromatic nitrogens is 2. The van der Waals surface area contributed by atoms with Crippen molar-refractivity contribution >= 4 is 28.5 Å². The molecule has 1 amide bonds. The van der Waals surface area contributed by atoms with Gasteiger partial charge in [-0.3, -0.25) is 10.1 Å². The van der Waals surface area contributed by atoms with Gasteiger partial charge in [0.05, 0.1) is 7.11 Å². The van der Waals surface area contributed by atoms with Gasteiger partial charge < -0.3 is 9.47 Å². The second-order valence-corrected chi connectivity index (χ2v) is 5.49. The molecule has 8 heteroatoms. The fourth-order valence-electron chi connectivity index (χ4n) is 1.68. The number of rotatable bonds is 6. The molecular formula is C15H14N4O3S. The molecule has 1 aromatic heterocycles. The molecule has 0 saturated heterocycles. The number of amides is 1. The molecule has 0 unspecified atom stereocenters. The van der Waals surface area contributed by atoms with Crippen LogP contribution in [0.5, 0.6) is 11.5 Å². The zero-order chi connectivity index (χ0) is 16.7. The zero-order valence-corrected chi connectivity index (χ0v) is 13.4. The van der Waals surface area contributed by atoms with Crippen LogP contribution in [-0.4, -0.2) is 29.8 Å². The van der Waals surface area contributed by atoms with Gasteiger partial charge in [-0.2, -0.15) is 5.26 Å². The fourth-order valence-corrected chi connectivity index (χ4v) is 2.28. The van der Waals surface area contributed by atoms with E-state index in [1.807, 2.05) is 13.0 Å². The summed E-state index contributed by atoms with van der Waals surface area (Å²) in [6.45, 7) is 1.75. The van der Waals surface area contributed by atoms with Crippen LogP contribution in [0.3, 0.4) is 0 Å². The molecule has 118 valence electrons. The number of nitrogens with one attached hydrogen (secondary N) is 1. The molecule has 7 nitrogen and oxygen atoms in total. The molecule has 0 aliphatic rings. The molecule has 23 heavy (non-hydrogen) atoms. The lowest BCUT2D eigenvalue weighted by atomic mass is 10.2. The van der Waals surface area contributed by atoms with Crippen molar-refractivity contribution in [2.75, 3.05) is 19.0 Å². The number of benzene rings is 1. The van der Waals surface area contributed by atoms with Gasteiger partial charge in [0.25, 0.3) is 0 Å². The molecular weight excluding hydrogens is 316 g/mol.